The monoisotopic (exact) mass is 248 g/mol. The van der Waals surface area contributed by atoms with Crippen molar-refractivity contribution in [3.63, 3.8) is 0 Å². The molecule has 18 heavy (non-hydrogen) atoms. The summed E-state index contributed by atoms with van der Waals surface area (Å²) in [7, 11) is 0. The summed E-state index contributed by atoms with van der Waals surface area (Å²) in [6.07, 6.45) is 2.18. The summed E-state index contributed by atoms with van der Waals surface area (Å²) in [5, 5.41) is 9.26. The lowest BCUT2D eigenvalue weighted by atomic mass is 9.72. The molecule has 0 atom stereocenters. The zero-order valence-electron chi connectivity index (χ0n) is 10.7. The van der Waals surface area contributed by atoms with E-state index in [1.165, 1.54) is 12.1 Å². The van der Waals surface area contributed by atoms with Crippen molar-refractivity contribution in [3.05, 3.63) is 41.2 Å². The maximum atomic E-state index is 12.9. The van der Waals surface area contributed by atoms with Gasteiger partial charge in [0.1, 0.15) is 5.82 Å². The molecular weight excluding hydrogens is 231 g/mol. The number of carboxylic acids is 1. The summed E-state index contributed by atoms with van der Waals surface area (Å²) < 4.78 is 12.9. The number of allylic oxidation sites excluding steroid dienone is 1. The van der Waals surface area contributed by atoms with Crippen molar-refractivity contribution in [2.75, 3.05) is 0 Å². The van der Waals surface area contributed by atoms with E-state index in [0.717, 1.165) is 24.0 Å². The third kappa shape index (κ3) is 2.61. The molecule has 1 aliphatic carbocycles. The summed E-state index contributed by atoms with van der Waals surface area (Å²) in [6.45, 7) is 4.27. The van der Waals surface area contributed by atoms with Gasteiger partial charge in [-0.3, -0.25) is 0 Å². The van der Waals surface area contributed by atoms with Gasteiger partial charge in [0.05, 0.1) is 0 Å². The number of rotatable bonds is 2. The van der Waals surface area contributed by atoms with Crippen LogP contribution in [0.25, 0.3) is 5.57 Å². The second kappa shape index (κ2) is 4.56. The van der Waals surface area contributed by atoms with Gasteiger partial charge in [-0.2, -0.15) is 0 Å². The first-order valence-electron chi connectivity index (χ1n) is 6.10. The fraction of sp³-hybridized carbons (Fsp3) is 0.400. The Morgan fingerprint density at radius 1 is 1.28 bits per heavy atom. The highest BCUT2D eigenvalue weighted by Crippen LogP contribution is 2.42. The second-order valence-corrected chi connectivity index (χ2v) is 5.61. The standard InChI is InChI=1S/C15H17FO2/c1-15(2)8-7-12(14(17)18)13(9-15)10-3-5-11(16)6-4-10/h3-6H,7-9H2,1-2H3,(H,17,18). The lowest BCUT2D eigenvalue weighted by Gasteiger charge is -2.32. The van der Waals surface area contributed by atoms with Crippen molar-refractivity contribution in [1.29, 1.82) is 0 Å². The van der Waals surface area contributed by atoms with Crippen molar-refractivity contribution < 1.29 is 14.3 Å². The summed E-state index contributed by atoms with van der Waals surface area (Å²) in [4.78, 5) is 11.3. The average Bonchev–Trinajstić information content (AvgIpc) is 2.28. The minimum atomic E-state index is -0.857. The van der Waals surface area contributed by atoms with Crippen LogP contribution in [0, 0.1) is 11.2 Å². The minimum Gasteiger partial charge on any atom is -0.478 e. The number of benzene rings is 1. The van der Waals surface area contributed by atoms with Gasteiger partial charge in [-0.15, -0.1) is 0 Å². The lowest BCUT2D eigenvalue weighted by Crippen LogP contribution is -2.21. The molecule has 0 heterocycles. The summed E-state index contributed by atoms with van der Waals surface area (Å²) in [6, 6.07) is 6.08. The number of carboxylic acid groups (broad SMARTS) is 1. The van der Waals surface area contributed by atoms with Gasteiger partial charge in [-0.25, -0.2) is 9.18 Å². The first-order chi connectivity index (χ1) is 8.39. The number of hydrogen-bond acceptors (Lipinski definition) is 1. The fourth-order valence-electron chi connectivity index (χ4n) is 2.45. The molecule has 0 radical (unpaired) electrons. The van der Waals surface area contributed by atoms with Gasteiger partial charge in [0.15, 0.2) is 0 Å². The van der Waals surface area contributed by atoms with Gasteiger partial charge in [0, 0.05) is 5.57 Å². The van der Waals surface area contributed by atoms with E-state index in [2.05, 4.69) is 13.8 Å². The van der Waals surface area contributed by atoms with Crippen LogP contribution in [0.3, 0.4) is 0 Å². The summed E-state index contributed by atoms with van der Waals surface area (Å²) >= 11 is 0. The van der Waals surface area contributed by atoms with Gasteiger partial charge >= 0.3 is 5.97 Å². The average molecular weight is 248 g/mol. The summed E-state index contributed by atoms with van der Waals surface area (Å²) in [5.74, 6) is -1.16. The van der Waals surface area contributed by atoms with Gasteiger partial charge in [0.2, 0.25) is 0 Å². The molecule has 1 aromatic rings. The van der Waals surface area contributed by atoms with Crippen LogP contribution < -0.4 is 0 Å². The predicted octanol–water partition coefficient (Wildman–Crippen LogP) is 3.87. The maximum absolute atomic E-state index is 12.9. The first-order valence-corrected chi connectivity index (χ1v) is 6.10. The smallest absolute Gasteiger partial charge is 0.331 e. The highest BCUT2D eigenvalue weighted by atomic mass is 19.1. The molecule has 0 bridgehead atoms. The number of hydrogen-bond donors (Lipinski definition) is 1. The van der Waals surface area contributed by atoms with Gasteiger partial charge in [-0.05, 0) is 47.9 Å². The van der Waals surface area contributed by atoms with Gasteiger partial charge in [-0.1, -0.05) is 26.0 Å². The SMILES string of the molecule is CC1(C)CCC(C(=O)O)=C(c2ccc(F)cc2)C1. The topological polar surface area (TPSA) is 37.3 Å². The third-order valence-corrected chi connectivity index (χ3v) is 3.52. The van der Waals surface area contributed by atoms with Crippen molar-refractivity contribution in [3.8, 4) is 0 Å². The Morgan fingerprint density at radius 3 is 2.44 bits per heavy atom. The highest BCUT2D eigenvalue weighted by Gasteiger charge is 2.30. The van der Waals surface area contributed by atoms with Gasteiger partial charge < -0.3 is 5.11 Å². The molecule has 0 fully saturated rings. The number of carbonyl (C=O) groups is 1. The molecule has 0 spiro atoms. The Labute approximate surface area is 106 Å². The molecule has 1 aromatic carbocycles. The molecule has 0 saturated carbocycles. The van der Waals surface area contributed by atoms with Crippen LogP contribution in [0.15, 0.2) is 29.8 Å². The van der Waals surface area contributed by atoms with E-state index in [4.69, 9.17) is 0 Å². The molecule has 3 heteroatoms. The molecule has 0 amide bonds. The van der Waals surface area contributed by atoms with Crippen LogP contribution in [0.5, 0.6) is 0 Å². The van der Waals surface area contributed by atoms with E-state index < -0.39 is 5.97 Å². The molecule has 2 rings (SSSR count). The van der Waals surface area contributed by atoms with Crippen LogP contribution >= 0.6 is 0 Å². The zero-order valence-corrected chi connectivity index (χ0v) is 10.7. The predicted molar refractivity (Wildman–Crippen MR) is 68.6 cm³/mol. The van der Waals surface area contributed by atoms with Crippen LogP contribution in [-0.2, 0) is 4.79 Å². The van der Waals surface area contributed by atoms with Crippen LogP contribution in [0.2, 0.25) is 0 Å². The Hall–Kier alpha value is -1.64. The normalized spacial score (nSPS) is 18.8. The third-order valence-electron chi connectivity index (χ3n) is 3.52. The van der Waals surface area contributed by atoms with Gasteiger partial charge in [0.25, 0.3) is 0 Å². The second-order valence-electron chi connectivity index (χ2n) is 5.61. The first kappa shape index (κ1) is 12.8. The Balaban J connectivity index is 2.47. The maximum Gasteiger partial charge on any atom is 0.331 e. The van der Waals surface area contributed by atoms with E-state index in [9.17, 15) is 14.3 Å². The van der Waals surface area contributed by atoms with E-state index in [1.807, 2.05) is 0 Å². The summed E-state index contributed by atoms with van der Waals surface area (Å²) in [5.41, 5.74) is 2.24. The Kier molecular flexibility index (Phi) is 3.24. The quantitative estimate of drug-likeness (QED) is 0.862. The van der Waals surface area contributed by atoms with Crippen molar-refractivity contribution in [2.45, 2.75) is 33.1 Å². The molecule has 0 saturated heterocycles. The van der Waals surface area contributed by atoms with Crippen LogP contribution in [-0.4, -0.2) is 11.1 Å². The largest absolute Gasteiger partial charge is 0.478 e. The molecule has 2 nitrogen and oxygen atoms in total. The number of halogens is 1. The van der Waals surface area contributed by atoms with E-state index in [1.54, 1.807) is 12.1 Å². The lowest BCUT2D eigenvalue weighted by molar-refractivity contribution is -0.132. The molecule has 96 valence electrons. The molecule has 1 N–H and O–H groups in total. The molecule has 0 aromatic heterocycles. The van der Waals surface area contributed by atoms with Crippen molar-refractivity contribution in [1.82, 2.24) is 0 Å². The van der Waals surface area contributed by atoms with Crippen molar-refractivity contribution in [2.24, 2.45) is 5.41 Å². The minimum absolute atomic E-state index is 0.0999. The zero-order chi connectivity index (χ0) is 13.3. The van der Waals surface area contributed by atoms with E-state index >= 15 is 0 Å². The molecular formula is C15H17FO2. The highest BCUT2D eigenvalue weighted by molar-refractivity contribution is 5.97. The fourth-order valence-corrected chi connectivity index (χ4v) is 2.45. The van der Waals surface area contributed by atoms with E-state index in [-0.39, 0.29) is 11.2 Å². The Morgan fingerprint density at radius 2 is 1.89 bits per heavy atom. The number of aliphatic carboxylic acids is 1. The van der Waals surface area contributed by atoms with E-state index in [0.29, 0.717) is 12.0 Å². The molecule has 1 aliphatic rings. The molecule has 0 aliphatic heterocycles. The molecule has 0 unspecified atom stereocenters. The van der Waals surface area contributed by atoms with Crippen LogP contribution in [0.4, 0.5) is 4.39 Å². The van der Waals surface area contributed by atoms with Crippen molar-refractivity contribution >= 4 is 11.5 Å². The van der Waals surface area contributed by atoms with Crippen LogP contribution in [0.1, 0.15) is 38.7 Å². The Bertz CT molecular complexity index is 498.